The third-order valence-corrected chi connectivity index (χ3v) is 6.18. The highest BCUT2D eigenvalue weighted by molar-refractivity contribution is 7.22. The van der Waals surface area contributed by atoms with Crippen LogP contribution in [0.15, 0.2) is 42.5 Å². The van der Waals surface area contributed by atoms with Gasteiger partial charge in [-0.1, -0.05) is 17.4 Å². The van der Waals surface area contributed by atoms with Crippen LogP contribution in [0.4, 0.5) is 9.52 Å². The standard InChI is InChI=1S/C22H25FN4O2S/c1-2-29-18-6-7-19-20(15-18)30-22(25-19)27-12-10-26(11-13-27)9-8-24-21(28)16-4-3-5-17(23)14-16/h3-7,14-15H,2,8-13H2,1H3,(H,24,28). The monoisotopic (exact) mass is 428 g/mol. The van der Waals surface area contributed by atoms with E-state index in [1.807, 2.05) is 19.1 Å². The molecule has 2 aromatic carbocycles. The molecule has 1 fully saturated rings. The Morgan fingerprint density at radius 1 is 1.20 bits per heavy atom. The van der Waals surface area contributed by atoms with Crippen molar-refractivity contribution in [2.24, 2.45) is 0 Å². The predicted octanol–water partition coefficient (Wildman–Crippen LogP) is 3.39. The normalized spacial score (nSPS) is 14.8. The van der Waals surface area contributed by atoms with Crippen LogP contribution in [-0.4, -0.2) is 61.7 Å². The van der Waals surface area contributed by atoms with Gasteiger partial charge < -0.3 is 15.0 Å². The minimum atomic E-state index is -0.400. The third kappa shape index (κ3) is 4.88. The molecule has 0 spiro atoms. The second-order valence-electron chi connectivity index (χ2n) is 7.15. The lowest BCUT2D eigenvalue weighted by molar-refractivity contribution is 0.0947. The van der Waals surface area contributed by atoms with E-state index in [1.165, 1.54) is 12.1 Å². The van der Waals surface area contributed by atoms with Gasteiger partial charge in [-0.05, 0) is 43.3 Å². The number of carbonyl (C=O) groups is 1. The molecule has 0 radical (unpaired) electrons. The largest absolute Gasteiger partial charge is 0.494 e. The summed E-state index contributed by atoms with van der Waals surface area (Å²) >= 11 is 1.69. The smallest absolute Gasteiger partial charge is 0.251 e. The van der Waals surface area contributed by atoms with E-state index in [2.05, 4.69) is 21.2 Å². The van der Waals surface area contributed by atoms with E-state index in [-0.39, 0.29) is 5.91 Å². The highest BCUT2D eigenvalue weighted by atomic mass is 32.1. The second-order valence-corrected chi connectivity index (χ2v) is 8.16. The van der Waals surface area contributed by atoms with Gasteiger partial charge in [-0.3, -0.25) is 9.69 Å². The van der Waals surface area contributed by atoms with Crippen LogP contribution in [-0.2, 0) is 0 Å². The minimum Gasteiger partial charge on any atom is -0.494 e. The summed E-state index contributed by atoms with van der Waals surface area (Å²) in [6, 6.07) is 11.8. The first kappa shape index (κ1) is 20.6. The zero-order valence-corrected chi connectivity index (χ0v) is 17.8. The Morgan fingerprint density at radius 3 is 2.80 bits per heavy atom. The molecule has 0 unspecified atom stereocenters. The van der Waals surface area contributed by atoms with Gasteiger partial charge in [-0.25, -0.2) is 9.37 Å². The molecule has 0 bridgehead atoms. The Morgan fingerprint density at radius 2 is 2.03 bits per heavy atom. The Labute approximate surface area is 179 Å². The van der Waals surface area contributed by atoms with Gasteiger partial charge in [-0.2, -0.15) is 0 Å². The molecule has 1 aliphatic heterocycles. The Bertz CT molecular complexity index is 1020. The molecule has 1 aliphatic rings. The van der Waals surface area contributed by atoms with Crippen molar-refractivity contribution in [2.45, 2.75) is 6.92 Å². The number of nitrogens with zero attached hydrogens (tertiary/aromatic N) is 3. The van der Waals surface area contributed by atoms with E-state index in [9.17, 15) is 9.18 Å². The minimum absolute atomic E-state index is 0.242. The van der Waals surface area contributed by atoms with E-state index in [4.69, 9.17) is 9.72 Å². The lowest BCUT2D eigenvalue weighted by Crippen LogP contribution is -2.48. The van der Waals surface area contributed by atoms with Crippen molar-refractivity contribution in [3.63, 3.8) is 0 Å². The fourth-order valence-corrected chi connectivity index (χ4v) is 4.55. The number of amides is 1. The Balaban J connectivity index is 1.26. The van der Waals surface area contributed by atoms with Crippen molar-refractivity contribution in [3.8, 4) is 5.75 Å². The Kier molecular flexibility index (Phi) is 6.44. The molecule has 0 saturated carbocycles. The summed E-state index contributed by atoms with van der Waals surface area (Å²) < 4.78 is 20.0. The van der Waals surface area contributed by atoms with Gasteiger partial charge in [0.1, 0.15) is 11.6 Å². The van der Waals surface area contributed by atoms with Crippen molar-refractivity contribution >= 4 is 32.6 Å². The molecule has 0 atom stereocenters. The Hall–Kier alpha value is -2.71. The lowest BCUT2D eigenvalue weighted by atomic mass is 10.2. The van der Waals surface area contributed by atoms with Crippen molar-refractivity contribution in [2.75, 3.05) is 50.8 Å². The quantitative estimate of drug-likeness (QED) is 0.625. The number of ether oxygens (including phenoxy) is 1. The van der Waals surface area contributed by atoms with Gasteiger partial charge in [0.2, 0.25) is 0 Å². The molecule has 2 heterocycles. The van der Waals surface area contributed by atoms with Crippen LogP contribution in [0.1, 0.15) is 17.3 Å². The highest BCUT2D eigenvalue weighted by Gasteiger charge is 2.20. The number of fused-ring (bicyclic) bond motifs is 1. The maximum Gasteiger partial charge on any atom is 0.251 e. The highest BCUT2D eigenvalue weighted by Crippen LogP contribution is 2.31. The van der Waals surface area contributed by atoms with E-state index in [0.717, 1.165) is 53.8 Å². The number of hydrogen-bond donors (Lipinski definition) is 1. The number of carbonyl (C=O) groups excluding carboxylic acids is 1. The first-order chi connectivity index (χ1) is 14.6. The molecule has 6 nitrogen and oxygen atoms in total. The maximum absolute atomic E-state index is 13.2. The number of piperazine rings is 1. The van der Waals surface area contributed by atoms with Crippen LogP contribution < -0.4 is 15.0 Å². The van der Waals surface area contributed by atoms with E-state index < -0.39 is 5.82 Å². The average Bonchev–Trinajstić information content (AvgIpc) is 3.18. The molecule has 1 saturated heterocycles. The zero-order valence-electron chi connectivity index (χ0n) is 16.9. The molecule has 8 heteroatoms. The molecule has 0 aliphatic carbocycles. The first-order valence-corrected chi connectivity index (χ1v) is 11.0. The number of hydrogen-bond acceptors (Lipinski definition) is 6. The van der Waals surface area contributed by atoms with E-state index in [1.54, 1.807) is 23.5 Å². The topological polar surface area (TPSA) is 57.7 Å². The molecule has 158 valence electrons. The zero-order chi connectivity index (χ0) is 20.9. The van der Waals surface area contributed by atoms with Crippen LogP contribution in [0.25, 0.3) is 10.2 Å². The number of nitrogens with one attached hydrogen (secondary N) is 1. The molecular formula is C22H25FN4O2S. The molecule has 1 N–H and O–H groups in total. The summed E-state index contributed by atoms with van der Waals surface area (Å²) in [7, 11) is 0. The maximum atomic E-state index is 13.2. The van der Waals surface area contributed by atoms with Gasteiger partial charge in [0.05, 0.1) is 16.8 Å². The number of thiazole rings is 1. The summed E-state index contributed by atoms with van der Waals surface area (Å²) in [5, 5.41) is 3.91. The average molecular weight is 429 g/mol. The SMILES string of the molecule is CCOc1ccc2nc(N3CCN(CCNC(=O)c4cccc(F)c4)CC3)sc2c1. The lowest BCUT2D eigenvalue weighted by Gasteiger charge is -2.34. The van der Waals surface area contributed by atoms with Gasteiger partial charge >= 0.3 is 0 Å². The van der Waals surface area contributed by atoms with Gasteiger partial charge in [0.25, 0.3) is 5.91 Å². The van der Waals surface area contributed by atoms with Crippen LogP contribution in [0.5, 0.6) is 5.75 Å². The summed E-state index contributed by atoms with van der Waals surface area (Å²) in [4.78, 5) is 21.5. The number of benzene rings is 2. The van der Waals surface area contributed by atoms with Crippen LogP contribution >= 0.6 is 11.3 Å². The molecule has 4 rings (SSSR count). The number of halogens is 1. The molecule has 3 aromatic rings. The fourth-order valence-electron chi connectivity index (χ4n) is 3.51. The van der Waals surface area contributed by atoms with Crippen LogP contribution in [0.2, 0.25) is 0 Å². The first-order valence-electron chi connectivity index (χ1n) is 10.2. The molecule has 30 heavy (non-hydrogen) atoms. The van der Waals surface area contributed by atoms with Crippen molar-refractivity contribution in [1.82, 2.24) is 15.2 Å². The molecular weight excluding hydrogens is 403 g/mol. The van der Waals surface area contributed by atoms with Gasteiger partial charge in [0, 0.05) is 44.8 Å². The predicted molar refractivity (Wildman–Crippen MR) is 118 cm³/mol. The van der Waals surface area contributed by atoms with Crippen molar-refractivity contribution < 1.29 is 13.9 Å². The van der Waals surface area contributed by atoms with Crippen LogP contribution in [0, 0.1) is 5.82 Å². The molecule has 1 aromatic heterocycles. The second kappa shape index (κ2) is 9.40. The summed E-state index contributed by atoms with van der Waals surface area (Å²) in [6.45, 7) is 7.57. The van der Waals surface area contributed by atoms with Crippen molar-refractivity contribution in [1.29, 1.82) is 0 Å². The summed E-state index contributed by atoms with van der Waals surface area (Å²) in [5.74, 6) is 0.238. The fraction of sp³-hybridized carbons (Fsp3) is 0.364. The number of anilines is 1. The van der Waals surface area contributed by atoms with Crippen molar-refractivity contribution in [3.05, 3.63) is 53.8 Å². The van der Waals surface area contributed by atoms with Gasteiger partial charge in [-0.15, -0.1) is 0 Å². The molecule has 1 amide bonds. The van der Waals surface area contributed by atoms with Crippen LogP contribution in [0.3, 0.4) is 0 Å². The number of aromatic nitrogens is 1. The summed E-state index contributed by atoms with van der Waals surface area (Å²) in [5.41, 5.74) is 1.35. The van der Waals surface area contributed by atoms with Gasteiger partial charge in [0.15, 0.2) is 5.13 Å². The van der Waals surface area contributed by atoms with E-state index >= 15 is 0 Å². The third-order valence-electron chi connectivity index (χ3n) is 5.10. The number of rotatable bonds is 7. The summed E-state index contributed by atoms with van der Waals surface area (Å²) in [6.07, 6.45) is 0. The van der Waals surface area contributed by atoms with E-state index in [0.29, 0.717) is 18.7 Å².